The number of ether oxygens (including phenoxy) is 1. The maximum Gasteiger partial charge on any atom is 0.573 e. The molecule has 2 heterocycles. The number of nitrogens with two attached hydrogens (primary N) is 1. The Kier molecular flexibility index (Phi) is 4.22. The van der Waals surface area contributed by atoms with Crippen LogP contribution in [-0.4, -0.2) is 25.9 Å². The highest BCUT2D eigenvalue weighted by atomic mass is 19.4. The number of nitrogen functional groups attached to an aromatic ring is 1. The molecular weight excluding hydrogens is 373 g/mol. The first-order chi connectivity index (χ1) is 13.4. The zero-order valence-corrected chi connectivity index (χ0v) is 14.2. The van der Waals surface area contributed by atoms with E-state index in [2.05, 4.69) is 25.0 Å². The summed E-state index contributed by atoms with van der Waals surface area (Å²) in [6.07, 6.45) is -3.52. The average molecular weight is 386 g/mol. The van der Waals surface area contributed by atoms with Gasteiger partial charge < -0.3 is 15.8 Å². The van der Waals surface area contributed by atoms with Gasteiger partial charge in [0.25, 0.3) is 0 Å². The molecule has 0 bridgehead atoms. The van der Waals surface area contributed by atoms with E-state index in [0.717, 1.165) is 0 Å². The number of nitrogens with one attached hydrogen (secondary N) is 1. The number of imidazole rings is 1. The van der Waals surface area contributed by atoms with Crippen LogP contribution in [0.5, 0.6) is 5.75 Å². The first-order valence-corrected chi connectivity index (χ1v) is 8.08. The largest absolute Gasteiger partial charge is 0.573 e. The van der Waals surface area contributed by atoms with Gasteiger partial charge in [0.2, 0.25) is 5.95 Å². The Balaban J connectivity index is 1.84. The summed E-state index contributed by atoms with van der Waals surface area (Å²) >= 11 is 0. The van der Waals surface area contributed by atoms with E-state index in [1.54, 1.807) is 22.8 Å². The molecule has 0 amide bonds. The van der Waals surface area contributed by atoms with E-state index < -0.39 is 6.36 Å². The number of nitrogens with zero attached hydrogens (tertiary/aromatic N) is 4. The molecule has 28 heavy (non-hydrogen) atoms. The van der Waals surface area contributed by atoms with Gasteiger partial charge in [0.05, 0.1) is 16.7 Å². The van der Waals surface area contributed by atoms with E-state index in [0.29, 0.717) is 16.9 Å². The van der Waals surface area contributed by atoms with Crippen LogP contribution in [0.15, 0.2) is 60.9 Å². The van der Waals surface area contributed by atoms with Crippen LogP contribution in [0, 0.1) is 0 Å². The fourth-order valence-corrected chi connectivity index (χ4v) is 2.73. The SMILES string of the molecule is Nc1cc(-n2c(Nc3ccccc3OC(F)(F)F)nc3ccccc32)ncn1. The third-order valence-corrected chi connectivity index (χ3v) is 3.82. The number of anilines is 3. The minimum absolute atomic E-state index is 0.0957. The van der Waals surface area contributed by atoms with Gasteiger partial charge in [-0.2, -0.15) is 0 Å². The second-order valence-electron chi connectivity index (χ2n) is 5.73. The third-order valence-electron chi connectivity index (χ3n) is 3.82. The smallest absolute Gasteiger partial charge is 0.404 e. The van der Waals surface area contributed by atoms with Gasteiger partial charge in [-0.1, -0.05) is 24.3 Å². The summed E-state index contributed by atoms with van der Waals surface area (Å²) in [4.78, 5) is 12.5. The number of halogens is 3. The molecule has 0 atom stereocenters. The molecular formula is C18H13F3N6O. The molecule has 0 aliphatic rings. The predicted molar refractivity (Wildman–Crippen MR) is 97.5 cm³/mol. The average Bonchev–Trinajstić information content (AvgIpc) is 3.00. The zero-order valence-electron chi connectivity index (χ0n) is 14.2. The maximum atomic E-state index is 12.7. The van der Waals surface area contributed by atoms with Crippen molar-refractivity contribution >= 4 is 28.5 Å². The number of hydrogen-bond acceptors (Lipinski definition) is 6. The molecule has 0 fully saturated rings. The first-order valence-electron chi connectivity index (χ1n) is 8.08. The minimum atomic E-state index is -4.82. The fraction of sp³-hybridized carbons (Fsp3) is 0.0556. The first kappa shape index (κ1) is 17.6. The molecule has 3 N–H and O–H groups in total. The van der Waals surface area contributed by atoms with E-state index in [-0.39, 0.29) is 23.2 Å². The van der Waals surface area contributed by atoms with Crippen molar-refractivity contribution in [1.29, 1.82) is 0 Å². The lowest BCUT2D eigenvalue weighted by Gasteiger charge is -2.15. The van der Waals surface area contributed by atoms with Crippen molar-refractivity contribution in [2.75, 3.05) is 11.1 Å². The van der Waals surface area contributed by atoms with Gasteiger partial charge in [0, 0.05) is 6.07 Å². The maximum absolute atomic E-state index is 12.7. The summed E-state index contributed by atoms with van der Waals surface area (Å²) in [6.45, 7) is 0. The molecule has 0 unspecified atom stereocenters. The molecule has 0 aliphatic carbocycles. The number of alkyl halides is 3. The number of benzene rings is 2. The van der Waals surface area contributed by atoms with Crippen LogP contribution in [0.4, 0.5) is 30.6 Å². The molecule has 4 aromatic rings. The van der Waals surface area contributed by atoms with Crippen LogP contribution in [-0.2, 0) is 0 Å². The van der Waals surface area contributed by atoms with Crippen molar-refractivity contribution in [1.82, 2.24) is 19.5 Å². The van der Waals surface area contributed by atoms with Gasteiger partial charge in [-0.3, -0.25) is 4.57 Å². The molecule has 7 nitrogen and oxygen atoms in total. The Hall–Kier alpha value is -3.82. The lowest BCUT2D eigenvalue weighted by atomic mass is 10.3. The van der Waals surface area contributed by atoms with Gasteiger partial charge >= 0.3 is 6.36 Å². The standard InChI is InChI=1S/C18H13F3N6O/c19-18(20,21)28-14-8-4-2-6-12(14)26-17-25-11-5-1-3-7-13(11)27(17)16-9-15(22)23-10-24-16/h1-10H,(H,25,26)(H2,22,23,24). The topological polar surface area (TPSA) is 90.9 Å². The lowest BCUT2D eigenvalue weighted by Crippen LogP contribution is -2.18. The molecule has 2 aromatic heterocycles. The molecule has 4 rings (SSSR count). The highest BCUT2D eigenvalue weighted by molar-refractivity contribution is 5.82. The van der Waals surface area contributed by atoms with E-state index in [1.807, 2.05) is 12.1 Å². The normalized spacial score (nSPS) is 11.5. The van der Waals surface area contributed by atoms with Crippen molar-refractivity contribution in [3.05, 3.63) is 60.9 Å². The van der Waals surface area contributed by atoms with Crippen LogP contribution in [0.25, 0.3) is 16.9 Å². The summed E-state index contributed by atoms with van der Waals surface area (Å²) in [5.74, 6) is 0.529. The van der Waals surface area contributed by atoms with Crippen LogP contribution >= 0.6 is 0 Å². The van der Waals surface area contributed by atoms with Gasteiger partial charge in [0.1, 0.15) is 18.0 Å². The molecule has 0 saturated heterocycles. The molecule has 0 saturated carbocycles. The van der Waals surface area contributed by atoms with E-state index in [9.17, 15) is 13.2 Å². The predicted octanol–water partition coefficient (Wildman–Crippen LogP) is 4.04. The summed E-state index contributed by atoms with van der Waals surface area (Å²) in [7, 11) is 0. The molecule has 0 radical (unpaired) electrons. The lowest BCUT2D eigenvalue weighted by molar-refractivity contribution is -0.274. The molecule has 0 spiro atoms. The Morgan fingerprint density at radius 2 is 1.75 bits per heavy atom. The highest BCUT2D eigenvalue weighted by Crippen LogP contribution is 2.33. The number of para-hydroxylation sites is 4. The van der Waals surface area contributed by atoms with Gasteiger partial charge in [-0.15, -0.1) is 13.2 Å². The Morgan fingerprint density at radius 3 is 2.54 bits per heavy atom. The Morgan fingerprint density at radius 1 is 1.00 bits per heavy atom. The second kappa shape index (κ2) is 6.72. The Bertz CT molecular complexity index is 1140. The zero-order chi connectivity index (χ0) is 19.7. The van der Waals surface area contributed by atoms with Gasteiger partial charge in [0.15, 0.2) is 5.75 Å². The second-order valence-corrected chi connectivity index (χ2v) is 5.73. The summed E-state index contributed by atoms with van der Waals surface area (Å²) in [6, 6.07) is 14.4. The molecule has 2 aromatic carbocycles. The van der Waals surface area contributed by atoms with Crippen molar-refractivity contribution in [3.63, 3.8) is 0 Å². The third kappa shape index (κ3) is 3.52. The Labute approximate surface area is 156 Å². The van der Waals surface area contributed by atoms with Crippen molar-refractivity contribution < 1.29 is 17.9 Å². The van der Waals surface area contributed by atoms with Crippen LogP contribution in [0.2, 0.25) is 0 Å². The van der Waals surface area contributed by atoms with Crippen molar-refractivity contribution in [2.45, 2.75) is 6.36 Å². The van der Waals surface area contributed by atoms with Crippen molar-refractivity contribution in [2.24, 2.45) is 0 Å². The quantitative estimate of drug-likeness (QED) is 0.550. The van der Waals surface area contributed by atoms with E-state index in [1.165, 1.54) is 30.6 Å². The van der Waals surface area contributed by atoms with Crippen LogP contribution < -0.4 is 15.8 Å². The highest BCUT2D eigenvalue weighted by Gasteiger charge is 2.32. The van der Waals surface area contributed by atoms with Crippen LogP contribution in [0.1, 0.15) is 0 Å². The van der Waals surface area contributed by atoms with E-state index >= 15 is 0 Å². The minimum Gasteiger partial charge on any atom is -0.404 e. The summed E-state index contributed by atoms with van der Waals surface area (Å²) in [5, 5.41) is 2.90. The monoisotopic (exact) mass is 386 g/mol. The summed E-state index contributed by atoms with van der Waals surface area (Å²) < 4.78 is 43.9. The number of fused-ring (bicyclic) bond motifs is 1. The number of aromatic nitrogens is 4. The fourth-order valence-electron chi connectivity index (χ4n) is 2.73. The van der Waals surface area contributed by atoms with Crippen molar-refractivity contribution in [3.8, 4) is 11.6 Å². The van der Waals surface area contributed by atoms with E-state index in [4.69, 9.17) is 5.73 Å². The summed E-state index contributed by atoms with van der Waals surface area (Å²) in [5.41, 5.74) is 7.16. The van der Waals surface area contributed by atoms with Gasteiger partial charge in [-0.25, -0.2) is 15.0 Å². The molecule has 0 aliphatic heterocycles. The number of rotatable bonds is 4. The van der Waals surface area contributed by atoms with Crippen LogP contribution in [0.3, 0.4) is 0 Å². The van der Waals surface area contributed by atoms with Gasteiger partial charge in [-0.05, 0) is 24.3 Å². The molecule has 10 heteroatoms. The molecule has 142 valence electrons. The number of hydrogen-bond donors (Lipinski definition) is 2.